The van der Waals surface area contributed by atoms with Gasteiger partial charge in [-0.15, -0.1) is 0 Å². The monoisotopic (exact) mass is 319 g/mol. The molecule has 0 aliphatic heterocycles. The molecule has 0 bridgehead atoms. The number of carbonyl (C=O) groups is 1. The van der Waals surface area contributed by atoms with Gasteiger partial charge in [-0.1, -0.05) is 60.7 Å². The minimum Gasteiger partial charge on any atom is -0.459 e. The zero-order chi connectivity index (χ0) is 16.7. The maximum Gasteiger partial charge on any atom is 0.332 e. The molecule has 0 saturated carbocycles. The zero-order valence-electron chi connectivity index (χ0n) is 12.6. The summed E-state index contributed by atoms with van der Waals surface area (Å²) in [5.41, 5.74) is 4.94. The van der Waals surface area contributed by atoms with E-state index in [4.69, 9.17) is 10.5 Å². The van der Waals surface area contributed by atoms with Gasteiger partial charge in [0.25, 0.3) is 6.43 Å². The third-order valence-corrected chi connectivity index (χ3v) is 3.65. The largest absolute Gasteiger partial charge is 0.459 e. The van der Waals surface area contributed by atoms with Crippen molar-refractivity contribution >= 4 is 5.97 Å². The molecule has 0 amide bonds. The van der Waals surface area contributed by atoms with Gasteiger partial charge in [0.15, 0.2) is 5.54 Å². The van der Waals surface area contributed by atoms with E-state index in [0.717, 1.165) is 11.1 Å². The molecule has 5 heteroatoms. The predicted octanol–water partition coefficient (Wildman–Crippen LogP) is 3.33. The van der Waals surface area contributed by atoms with Crippen LogP contribution in [0.4, 0.5) is 8.78 Å². The van der Waals surface area contributed by atoms with Crippen LogP contribution < -0.4 is 5.73 Å². The zero-order valence-corrected chi connectivity index (χ0v) is 12.6. The van der Waals surface area contributed by atoms with Gasteiger partial charge in [-0.2, -0.15) is 0 Å². The van der Waals surface area contributed by atoms with E-state index in [1.807, 2.05) is 24.3 Å². The standard InChI is InChI=1S/C18H19F2NO2/c19-16(20)18(21,12-11-14-7-3-1-4-8-14)17(22)23-13-15-9-5-2-6-10-15/h1-10,16H,11-13,21H2. The Labute approximate surface area is 134 Å². The molecule has 0 aliphatic rings. The van der Waals surface area contributed by atoms with E-state index in [1.165, 1.54) is 0 Å². The van der Waals surface area contributed by atoms with E-state index in [0.29, 0.717) is 0 Å². The number of ether oxygens (including phenoxy) is 1. The van der Waals surface area contributed by atoms with Gasteiger partial charge in [-0.25, -0.2) is 13.6 Å². The Morgan fingerprint density at radius 1 is 1.00 bits per heavy atom. The first-order chi connectivity index (χ1) is 11.0. The topological polar surface area (TPSA) is 52.3 Å². The van der Waals surface area contributed by atoms with Gasteiger partial charge in [-0.3, -0.25) is 0 Å². The Morgan fingerprint density at radius 3 is 2.04 bits per heavy atom. The fraction of sp³-hybridized carbons (Fsp3) is 0.278. The van der Waals surface area contributed by atoms with Crippen molar-refractivity contribution in [1.82, 2.24) is 0 Å². The third kappa shape index (κ3) is 4.60. The lowest BCUT2D eigenvalue weighted by Crippen LogP contribution is -2.55. The molecule has 2 aromatic carbocycles. The van der Waals surface area contributed by atoms with Crippen LogP contribution in [0, 0.1) is 0 Å². The van der Waals surface area contributed by atoms with Crippen LogP contribution in [-0.2, 0) is 22.6 Å². The van der Waals surface area contributed by atoms with Crippen LogP contribution in [0.5, 0.6) is 0 Å². The smallest absolute Gasteiger partial charge is 0.332 e. The lowest BCUT2D eigenvalue weighted by Gasteiger charge is -2.26. The highest BCUT2D eigenvalue weighted by Gasteiger charge is 2.44. The molecule has 1 unspecified atom stereocenters. The van der Waals surface area contributed by atoms with Crippen LogP contribution in [0.2, 0.25) is 0 Å². The highest BCUT2D eigenvalue weighted by atomic mass is 19.3. The summed E-state index contributed by atoms with van der Waals surface area (Å²) in [6, 6.07) is 17.9. The third-order valence-electron chi connectivity index (χ3n) is 3.65. The first-order valence-electron chi connectivity index (χ1n) is 7.34. The number of halogens is 2. The number of hydrogen-bond donors (Lipinski definition) is 1. The van der Waals surface area contributed by atoms with Crippen molar-refractivity contribution in [2.24, 2.45) is 5.73 Å². The second-order valence-corrected chi connectivity index (χ2v) is 5.39. The van der Waals surface area contributed by atoms with Crippen molar-refractivity contribution in [3.8, 4) is 0 Å². The van der Waals surface area contributed by atoms with Gasteiger partial charge >= 0.3 is 5.97 Å². The molecule has 0 fully saturated rings. The van der Waals surface area contributed by atoms with Gasteiger partial charge < -0.3 is 10.5 Å². The highest BCUT2D eigenvalue weighted by Crippen LogP contribution is 2.22. The number of hydrogen-bond acceptors (Lipinski definition) is 3. The molecule has 2 N–H and O–H groups in total. The second kappa shape index (κ2) is 7.83. The van der Waals surface area contributed by atoms with Crippen molar-refractivity contribution < 1.29 is 18.3 Å². The number of benzene rings is 2. The molecule has 0 radical (unpaired) electrons. The molecule has 1 atom stereocenters. The molecule has 23 heavy (non-hydrogen) atoms. The summed E-state index contributed by atoms with van der Waals surface area (Å²) in [4.78, 5) is 12.1. The Bertz CT molecular complexity index is 619. The molecule has 122 valence electrons. The molecular weight excluding hydrogens is 300 g/mol. The SMILES string of the molecule is NC(CCc1ccccc1)(C(=O)OCc1ccccc1)C(F)F. The summed E-state index contributed by atoms with van der Waals surface area (Å²) in [6.45, 7) is -0.0727. The first-order valence-corrected chi connectivity index (χ1v) is 7.34. The van der Waals surface area contributed by atoms with E-state index < -0.39 is 17.9 Å². The average molecular weight is 319 g/mol. The van der Waals surface area contributed by atoms with E-state index in [2.05, 4.69) is 0 Å². The number of aryl methyl sites for hydroxylation is 1. The number of rotatable bonds is 7. The Kier molecular flexibility index (Phi) is 5.82. The summed E-state index contributed by atoms with van der Waals surface area (Å²) >= 11 is 0. The molecule has 2 aromatic rings. The first kappa shape index (κ1) is 17.1. The van der Waals surface area contributed by atoms with Crippen molar-refractivity contribution in [3.05, 3.63) is 71.8 Å². The number of esters is 1. The van der Waals surface area contributed by atoms with E-state index in [-0.39, 0.29) is 19.4 Å². The summed E-state index contributed by atoms with van der Waals surface area (Å²) in [7, 11) is 0. The molecule has 0 aliphatic carbocycles. The van der Waals surface area contributed by atoms with Gasteiger partial charge in [0.2, 0.25) is 0 Å². The van der Waals surface area contributed by atoms with Gasteiger partial charge in [0.1, 0.15) is 6.61 Å². The second-order valence-electron chi connectivity index (χ2n) is 5.39. The molecule has 0 heterocycles. The van der Waals surface area contributed by atoms with Crippen molar-refractivity contribution in [1.29, 1.82) is 0 Å². The van der Waals surface area contributed by atoms with Crippen LogP contribution in [0.15, 0.2) is 60.7 Å². The summed E-state index contributed by atoms with van der Waals surface area (Å²) in [5.74, 6) is -1.08. The fourth-order valence-electron chi connectivity index (χ4n) is 2.15. The fourth-order valence-corrected chi connectivity index (χ4v) is 2.15. The maximum atomic E-state index is 13.3. The van der Waals surface area contributed by atoms with Gasteiger partial charge in [0, 0.05) is 0 Å². The quantitative estimate of drug-likeness (QED) is 0.797. The van der Waals surface area contributed by atoms with Crippen molar-refractivity contribution in [2.75, 3.05) is 0 Å². The Balaban J connectivity index is 1.99. The van der Waals surface area contributed by atoms with E-state index in [9.17, 15) is 13.6 Å². The lowest BCUT2D eigenvalue weighted by atomic mass is 9.92. The molecule has 0 aromatic heterocycles. The summed E-state index contributed by atoms with van der Waals surface area (Å²) in [5, 5.41) is 0. The Hall–Kier alpha value is -2.27. The van der Waals surface area contributed by atoms with Crippen LogP contribution in [0.1, 0.15) is 17.5 Å². The average Bonchev–Trinajstić information content (AvgIpc) is 2.59. The van der Waals surface area contributed by atoms with Crippen LogP contribution in [0.25, 0.3) is 0 Å². The maximum absolute atomic E-state index is 13.3. The van der Waals surface area contributed by atoms with E-state index >= 15 is 0 Å². The van der Waals surface area contributed by atoms with Crippen LogP contribution >= 0.6 is 0 Å². The van der Waals surface area contributed by atoms with Gasteiger partial charge in [-0.05, 0) is 24.0 Å². The van der Waals surface area contributed by atoms with Gasteiger partial charge in [0.05, 0.1) is 0 Å². The molecular formula is C18H19F2NO2. The molecule has 0 spiro atoms. The van der Waals surface area contributed by atoms with Crippen molar-refractivity contribution in [2.45, 2.75) is 31.4 Å². The number of carbonyl (C=O) groups excluding carboxylic acids is 1. The number of nitrogens with two attached hydrogens (primary N) is 1. The van der Waals surface area contributed by atoms with Crippen LogP contribution in [-0.4, -0.2) is 17.9 Å². The highest BCUT2D eigenvalue weighted by molar-refractivity contribution is 5.81. The molecule has 0 saturated heterocycles. The summed E-state index contributed by atoms with van der Waals surface area (Å²) in [6.07, 6.45) is -2.89. The lowest BCUT2D eigenvalue weighted by molar-refractivity contribution is -0.158. The minimum atomic E-state index is -2.99. The Morgan fingerprint density at radius 2 is 1.52 bits per heavy atom. The predicted molar refractivity (Wildman–Crippen MR) is 83.9 cm³/mol. The molecule has 2 rings (SSSR count). The number of alkyl halides is 2. The van der Waals surface area contributed by atoms with Crippen LogP contribution in [0.3, 0.4) is 0 Å². The summed E-state index contributed by atoms with van der Waals surface area (Å²) < 4.78 is 31.7. The minimum absolute atomic E-state index is 0.0727. The van der Waals surface area contributed by atoms with E-state index in [1.54, 1.807) is 36.4 Å². The normalized spacial score (nSPS) is 13.6. The molecule has 3 nitrogen and oxygen atoms in total. The van der Waals surface area contributed by atoms with Crippen molar-refractivity contribution in [3.63, 3.8) is 0 Å².